The van der Waals surface area contributed by atoms with Gasteiger partial charge >= 0.3 is 5.97 Å². The highest BCUT2D eigenvalue weighted by molar-refractivity contribution is 7.14. The molecule has 0 saturated carbocycles. The van der Waals surface area contributed by atoms with Crippen LogP contribution >= 0.6 is 11.3 Å². The van der Waals surface area contributed by atoms with Gasteiger partial charge in [0.15, 0.2) is 5.71 Å². The molecule has 1 heterocycles. The molecule has 0 fully saturated rings. The van der Waals surface area contributed by atoms with Crippen LogP contribution in [0.3, 0.4) is 0 Å². The Bertz CT molecular complexity index is 617. The van der Waals surface area contributed by atoms with Gasteiger partial charge in [0.2, 0.25) is 6.61 Å². The normalized spacial score (nSPS) is 11.4. The highest BCUT2D eigenvalue weighted by atomic mass is 32.1. The van der Waals surface area contributed by atoms with Crippen LogP contribution in [0.4, 0.5) is 0 Å². The summed E-state index contributed by atoms with van der Waals surface area (Å²) in [6.45, 7) is -0.589. The van der Waals surface area contributed by atoms with E-state index < -0.39 is 12.6 Å². The number of nitrogens with zero attached hydrogens (tertiary/aromatic N) is 1. The lowest BCUT2D eigenvalue weighted by atomic mass is 10.1. The molecule has 1 aromatic carbocycles. The summed E-state index contributed by atoms with van der Waals surface area (Å²) < 4.78 is 0. The predicted octanol–water partition coefficient (Wildman–Crippen LogP) is 1.82. The molecule has 1 radical (unpaired) electrons. The maximum Gasteiger partial charge on any atom is 0.344 e. The Morgan fingerprint density at radius 2 is 2.22 bits per heavy atom. The standard InChI is InChI=1S/C12H8NO4S/c14-5-10(13-17-6-11(15)16)12-9-4-2-1-3-8(9)7-18-12/h1-4,7H,6H2,(H,15,16). The van der Waals surface area contributed by atoms with E-state index in [4.69, 9.17) is 5.11 Å². The first-order valence-electron chi connectivity index (χ1n) is 4.99. The van der Waals surface area contributed by atoms with Crippen molar-refractivity contribution in [3.8, 4) is 0 Å². The van der Waals surface area contributed by atoms with E-state index in [0.717, 1.165) is 10.8 Å². The average molecular weight is 262 g/mol. The molecule has 1 N–H and O–H groups in total. The van der Waals surface area contributed by atoms with Gasteiger partial charge in [-0.25, -0.2) is 4.79 Å². The average Bonchev–Trinajstić information content (AvgIpc) is 2.78. The Hall–Kier alpha value is -2.21. The van der Waals surface area contributed by atoms with Crippen molar-refractivity contribution in [3.63, 3.8) is 0 Å². The zero-order chi connectivity index (χ0) is 13.0. The molecule has 6 heteroatoms. The first kappa shape index (κ1) is 12.3. The van der Waals surface area contributed by atoms with E-state index in [1.807, 2.05) is 29.6 Å². The van der Waals surface area contributed by atoms with Crippen molar-refractivity contribution in [1.29, 1.82) is 0 Å². The van der Waals surface area contributed by atoms with E-state index in [9.17, 15) is 9.59 Å². The maximum atomic E-state index is 10.8. The molecule has 18 heavy (non-hydrogen) atoms. The van der Waals surface area contributed by atoms with Gasteiger partial charge in [0.25, 0.3) is 6.29 Å². The molecule has 0 unspecified atom stereocenters. The minimum Gasteiger partial charge on any atom is -0.479 e. The number of thiophene rings is 1. The van der Waals surface area contributed by atoms with Crippen LogP contribution in [-0.2, 0) is 14.4 Å². The second-order valence-electron chi connectivity index (χ2n) is 3.36. The number of carbonyl (C=O) groups excluding carboxylic acids is 1. The Kier molecular flexibility index (Phi) is 3.69. The number of carboxylic acids is 1. The number of aliphatic carboxylic acids is 1. The maximum absolute atomic E-state index is 10.8. The Labute approximate surface area is 106 Å². The van der Waals surface area contributed by atoms with Crippen LogP contribution in [0.15, 0.2) is 34.8 Å². The van der Waals surface area contributed by atoms with Gasteiger partial charge in [-0.15, -0.1) is 11.3 Å². The van der Waals surface area contributed by atoms with Gasteiger partial charge in [-0.05, 0) is 10.8 Å². The molecule has 0 spiro atoms. The lowest BCUT2D eigenvalue weighted by molar-refractivity contribution is -0.142. The number of rotatable bonds is 5. The third-order valence-corrected chi connectivity index (χ3v) is 3.19. The van der Waals surface area contributed by atoms with Crippen molar-refractivity contribution in [2.75, 3.05) is 6.61 Å². The number of carbonyl (C=O) groups is 1. The molecule has 5 nitrogen and oxygen atoms in total. The van der Waals surface area contributed by atoms with Crippen molar-refractivity contribution in [1.82, 2.24) is 0 Å². The molecule has 1 aromatic heterocycles. The molecule has 0 aliphatic carbocycles. The Balaban J connectivity index is 2.32. The van der Waals surface area contributed by atoms with Crippen molar-refractivity contribution in [2.45, 2.75) is 0 Å². The summed E-state index contributed by atoms with van der Waals surface area (Å²) in [6, 6.07) is 7.50. The molecule has 2 rings (SSSR count). The number of hydrogen-bond donors (Lipinski definition) is 1. The van der Waals surface area contributed by atoms with E-state index >= 15 is 0 Å². The molecular formula is C12H8NO4S. The van der Waals surface area contributed by atoms with Crippen molar-refractivity contribution in [2.24, 2.45) is 5.16 Å². The fraction of sp³-hybridized carbons (Fsp3) is 0.0833. The largest absolute Gasteiger partial charge is 0.479 e. The van der Waals surface area contributed by atoms with Crippen LogP contribution in [0.5, 0.6) is 0 Å². The number of oxime groups is 1. The third-order valence-electron chi connectivity index (χ3n) is 2.16. The first-order chi connectivity index (χ1) is 8.72. The highest BCUT2D eigenvalue weighted by Gasteiger charge is 2.11. The Morgan fingerprint density at radius 1 is 1.44 bits per heavy atom. The van der Waals surface area contributed by atoms with Crippen LogP contribution in [0.1, 0.15) is 4.88 Å². The molecule has 0 atom stereocenters. The number of hydrogen-bond acceptors (Lipinski definition) is 5. The lowest BCUT2D eigenvalue weighted by Gasteiger charge is -1.97. The van der Waals surface area contributed by atoms with E-state index in [0.29, 0.717) is 4.88 Å². The second-order valence-corrected chi connectivity index (χ2v) is 4.24. The molecule has 0 amide bonds. The van der Waals surface area contributed by atoms with Crippen molar-refractivity contribution < 1.29 is 19.5 Å². The minimum absolute atomic E-state index is 0.0255. The molecule has 0 bridgehead atoms. The van der Waals surface area contributed by atoms with Crippen LogP contribution in [0.2, 0.25) is 0 Å². The second kappa shape index (κ2) is 5.42. The fourth-order valence-corrected chi connectivity index (χ4v) is 2.39. The van der Waals surface area contributed by atoms with Gasteiger partial charge in [0, 0.05) is 5.39 Å². The summed E-state index contributed by atoms with van der Waals surface area (Å²) in [5, 5.41) is 15.6. The summed E-state index contributed by atoms with van der Waals surface area (Å²) >= 11 is 1.33. The van der Waals surface area contributed by atoms with Crippen LogP contribution in [0, 0.1) is 0 Å². The van der Waals surface area contributed by atoms with Gasteiger partial charge in [0.05, 0.1) is 4.88 Å². The Morgan fingerprint density at radius 3 is 2.94 bits per heavy atom. The van der Waals surface area contributed by atoms with Crippen molar-refractivity contribution >= 4 is 40.1 Å². The number of carboxylic acid groups (broad SMARTS) is 1. The zero-order valence-corrected chi connectivity index (χ0v) is 9.94. The van der Waals surface area contributed by atoms with Crippen LogP contribution in [0.25, 0.3) is 10.8 Å². The molecule has 91 valence electrons. The molecule has 2 aromatic rings. The molecular weight excluding hydrogens is 254 g/mol. The molecule has 0 aliphatic rings. The van der Waals surface area contributed by atoms with Crippen molar-refractivity contribution in [3.05, 3.63) is 34.5 Å². The van der Waals surface area contributed by atoms with E-state index in [2.05, 4.69) is 9.99 Å². The molecule has 0 saturated heterocycles. The highest BCUT2D eigenvalue weighted by Crippen LogP contribution is 2.25. The quantitative estimate of drug-likeness (QED) is 0.658. The third kappa shape index (κ3) is 2.54. The topological polar surface area (TPSA) is 76.0 Å². The fourth-order valence-electron chi connectivity index (χ4n) is 1.43. The first-order valence-corrected chi connectivity index (χ1v) is 5.87. The smallest absolute Gasteiger partial charge is 0.344 e. The predicted molar refractivity (Wildman–Crippen MR) is 67.6 cm³/mol. The summed E-state index contributed by atoms with van der Waals surface area (Å²) in [4.78, 5) is 26.3. The lowest BCUT2D eigenvalue weighted by Crippen LogP contribution is -2.07. The van der Waals surface area contributed by atoms with E-state index in [1.165, 1.54) is 11.3 Å². The summed E-state index contributed by atoms with van der Waals surface area (Å²) in [5.41, 5.74) is -0.0255. The van der Waals surface area contributed by atoms with Gasteiger partial charge in [0.1, 0.15) is 0 Å². The minimum atomic E-state index is -1.15. The molecule has 0 aliphatic heterocycles. The number of benzene rings is 1. The van der Waals surface area contributed by atoms with Gasteiger partial charge < -0.3 is 9.94 Å². The summed E-state index contributed by atoms with van der Waals surface area (Å²) in [7, 11) is 0. The summed E-state index contributed by atoms with van der Waals surface area (Å²) in [5.74, 6) is -1.15. The van der Waals surface area contributed by atoms with E-state index in [-0.39, 0.29) is 5.71 Å². The summed E-state index contributed by atoms with van der Waals surface area (Å²) in [6.07, 6.45) is 1.66. The van der Waals surface area contributed by atoms with Gasteiger partial charge in [-0.3, -0.25) is 4.79 Å². The van der Waals surface area contributed by atoms with Crippen LogP contribution < -0.4 is 0 Å². The van der Waals surface area contributed by atoms with Crippen LogP contribution in [-0.4, -0.2) is 29.7 Å². The number of fused-ring (bicyclic) bond motifs is 1. The van der Waals surface area contributed by atoms with Gasteiger partial charge in [-0.2, -0.15) is 0 Å². The van der Waals surface area contributed by atoms with E-state index in [1.54, 1.807) is 6.29 Å². The van der Waals surface area contributed by atoms with Gasteiger partial charge in [-0.1, -0.05) is 29.4 Å². The SMILES string of the molecule is O=[C]C(=NOCC(=O)O)c1scc2ccccc12. The monoisotopic (exact) mass is 262 g/mol. The zero-order valence-electron chi connectivity index (χ0n) is 9.12.